The first-order chi connectivity index (χ1) is 11.9. The fourth-order valence-electron chi connectivity index (χ4n) is 2.21. The molecule has 0 spiro atoms. The minimum atomic E-state index is -4.53. The number of nitrogens with zero attached hydrogens (tertiary/aromatic N) is 2. The Hall–Kier alpha value is -2.74. The van der Waals surface area contributed by atoms with Crippen LogP contribution in [0.5, 0.6) is 0 Å². The molecule has 25 heavy (non-hydrogen) atoms. The third-order valence-corrected chi connectivity index (χ3v) is 4.12. The smallest absolute Gasteiger partial charge is 0.348 e. The molecule has 4 nitrogen and oxygen atoms in total. The van der Waals surface area contributed by atoms with Crippen LogP contribution in [0.3, 0.4) is 0 Å². The monoisotopic (exact) mass is 363 g/mol. The molecular formula is C17H12F3N3OS. The predicted molar refractivity (Wildman–Crippen MR) is 88.0 cm³/mol. The second-order valence-corrected chi connectivity index (χ2v) is 5.92. The average Bonchev–Trinajstić information content (AvgIpc) is 3.14. The van der Waals surface area contributed by atoms with Crippen molar-refractivity contribution in [2.75, 3.05) is 0 Å². The molecule has 0 atom stereocenters. The van der Waals surface area contributed by atoms with Gasteiger partial charge in [0.1, 0.15) is 5.69 Å². The summed E-state index contributed by atoms with van der Waals surface area (Å²) in [5.74, 6) is -0.499. The molecule has 0 saturated carbocycles. The number of hydrogen-bond acceptors (Lipinski definition) is 4. The highest BCUT2D eigenvalue weighted by Crippen LogP contribution is 2.27. The van der Waals surface area contributed by atoms with Crippen molar-refractivity contribution in [2.24, 2.45) is 0 Å². The molecule has 3 rings (SSSR count). The number of halogens is 3. The van der Waals surface area contributed by atoms with Crippen molar-refractivity contribution in [3.63, 3.8) is 0 Å². The Morgan fingerprint density at radius 2 is 2.00 bits per heavy atom. The van der Waals surface area contributed by atoms with Crippen LogP contribution in [0, 0.1) is 0 Å². The molecule has 1 amide bonds. The second-order valence-electron chi connectivity index (χ2n) is 5.14. The van der Waals surface area contributed by atoms with Crippen molar-refractivity contribution < 1.29 is 18.0 Å². The van der Waals surface area contributed by atoms with Crippen LogP contribution >= 0.6 is 11.3 Å². The van der Waals surface area contributed by atoms with Crippen LogP contribution in [0.15, 0.2) is 53.5 Å². The Kier molecular flexibility index (Phi) is 4.80. The topological polar surface area (TPSA) is 54.9 Å². The molecule has 0 radical (unpaired) electrons. The third kappa shape index (κ3) is 4.03. The molecule has 0 saturated heterocycles. The van der Waals surface area contributed by atoms with Gasteiger partial charge in [0.25, 0.3) is 5.91 Å². The first kappa shape index (κ1) is 17.1. The molecule has 3 aromatic rings. The van der Waals surface area contributed by atoms with Gasteiger partial charge in [-0.05, 0) is 35.2 Å². The lowest BCUT2D eigenvalue weighted by molar-refractivity contribution is -0.141. The van der Waals surface area contributed by atoms with Crippen LogP contribution in [-0.4, -0.2) is 15.9 Å². The SMILES string of the molecule is O=C(NCc1cccnc1-c1ccsc1)c1ccc(C(F)(F)F)nc1. The predicted octanol–water partition coefficient (Wildman–Crippen LogP) is 4.15. The molecule has 1 N–H and O–H groups in total. The molecule has 3 aromatic heterocycles. The number of alkyl halides is 3. The van der Waals surface area contributed by atoms with E-state index < -0.39 is 17.8 Å². The number of carbonyl (C=O) groups is 1. The van der Waals surface area contributed by atoms with E-state index in [-0.39, 0.29) is 12.1 Å². The summed E-state index contributed by atoms with van der Waals surface area (Å²) in [5.41, 5.74) is 1.56. The van der Waals surface area contributed by atoms with E-state index in [1.54, 1.807) is 23.6 Å². The number of hydrogen-bond donors (Lipinski definition) is 1. The lowest BCUT2D eigenvalue weighted by Gasteiger charge is -2.10. The number of carbonyl (C=O) groups excluding carboxylic acids is 1. The number of rotatable bonds is 4. The van der Waals surface area contributed by atoms with Gasteiger partial charge < -0.3 is 5.32 Å². The van der Waals surface area contributed by atoms with Crippen LogP contribution in [0.1, 0.15) is 21.6 Å². The maximum absolute atomic E-state index is 12.5. The van der Waals surface area contributed by atoms with E-state index >= 15 is 0 Å². The maximum Gasteiger partial charge on any atom is 0.433 e. The van der Waals surface area contributed by atoms with Crippen molar-refractivity contribution in [1.29, 1.82) is 0 Å². The molecule has 0 bridgehead atoms. The standard InChI is InChI=1S/C17H12F3N3OS/c18-17(19,20)14-4-3-12(9-22-14)16(24)23-8-11-2-1-6-21-15(11)13-5-7-25-10-13/h1-7,9-10H,8H2,(H,23,24). The number of thiophene rings is 1. The van der Waals surface area contributed by atoms with E-state index in [2.05, 4.69) is 15.3 Å². The van der Waals surface area contributed by atoms with Gasteiger partial charge in [-0.2, -0.15) is 24.5 Å². The quantitative estimate of drug-likeness (QED) is 0.757. The van der Waals surface area contributed by atoms with Gasteiger partial charge in [-0.15, -0.1) is 0 Å². The van der Waals surface area contributed by atoms with Gasteiger partial charge in [0.2, 0.25) is 0 Å². The first-order valence-corrected chi connectivity index (χ1v) is 8.17. The van der Waals surface area contributed by atoms with Crippen molar-refractivity contribution >= 4 is 17.2 Å². The van der Waals surface area contributed by atoms with Crippen molar-refractivity contribution in [3.8, 4) is 11.3 Å². The minimum Gasteiger partial charge on any atom is -0.348 e. The van der Waals surface area contributed by atoms with E-state index in [1.165, 1.54) is 0 Å². The van der Waals surface area contributed by atoms with Crippen LogP contribution in [-0.2, 0) is 12.7 Å². The average molecular weight is 363 g/mol. The van der Waals surface area contributed by atoms with E-state index in [0.717, 1.165) is 35.2 Å². The molecule has 0 aliphatic heterocycles. The van der Waals surface area contributed by atoms with E-state index in [9.17, 15) is 18.0 Å². The molecule has 0 fully saturated rings. The Morgan fingerprint density at radius 3 is 2.64 bits per heavy atom. The third-order valence-electron chi connectivity index (χ3n) is 3.44. The molecule has 0 unspecified atom stereocenters. The molecule has 0 aliphatic rings. The fraction of sp³-hybridized carbons (Fsp3) is 0.118. The summed E-state index contributed by atoms with van der Waals surface area (Å²) >= 11 is 1.54. The molecule has 3 heterocycles. The molecule has 0 aliphatic carbocycles. The first-order valence-electron chi connectivity index (χ1n) is 7.23. The zero-order chi connectivity index (χ0) is 17.9. The van der Waals surface area contributed by atoms with Gasteiger partial charge in [-0.3, -0.25) is 14.8 Å². The maximum atomic E-state index is 12.5. The molecular weight excluding hydrogens is 351 g/mol. The van der Waals surface area contributed by atoms with E-state index in [4.69, 9.17) is 0 Å². The normalized spacial score (nSPS) is 11.3. The molecule has 128 valence electrons. The van der Waals surface area contributed by atoms with E-state index in [1.807, 2.05) is 22.9 Å². The molecule has 8 heteroatoms. The van der Waals surface area contributed by atoms with Gasteiger partial charge >= 0.3 is 6.18 Å². The van der Waals surface area contributed by atoms with Crippen molar-refractivity contribution in [3.05, 3.63) is 70.3 Å². The summed E-state index contributed by atoms with van der Waals surface area (Å²) in [5, 5.41) is 6.56. The number of amides is 1. The Morgan fingerprint density at radius 1 is 1.16 bits per heavy atom. The number of pyridine rings is 2. The summed E-state index contributed by atoms with van der Waals surface area (Å²) in [6, 6.07) is 7.42. The Balaban J connectivity index is 1.71. The Bertz CT molecular complexity index is 862. The van der Waals surface area contributed by atoms with Gasteiger partial charge in [0.15, 0.2) is 0 Å². The summed E-state index contributed by atoms with van der Waals surface area (Å²) in [7, 11) is 0. The van der Waals surface area contributed by atoms with Gasteiger partial charge in [0, 0.05) is 29.9 Å². The number of aromatic nitrogens is 2. The Labute approximate surface area is 145 Å². The summed E-state index contributed by atoms with van der Waals surface area (Å²) in [4.78, 5) is 19.7. The zero-order valence-electron chi connectivity index (χ0n) is 12.7. The van der Waals surface area contributed by atoms with Crippen molar-refractivity contribution in [2.45, 2.75) is 12.7 Å². The lowest BCUT2D eigenvalue weighted by Crippen LogP contribution is -2.23. The highest BCUT2D eigenvalue weighted by atomic mass is 32.1. The molecule has 0 aromatic carbocycles. The largest absolute Gasteiger partial charge is 0.433 e. The summed E-state index contributed by atoms with van der Waals surface area (Å²) < 4.78 is 37.5. The summed E-state index contributed by atoms with van der Waals surface area (Å²) in [6.45, 7) is 0.207. The summed E-state index contributed by atoms with van der Waals surface area (Å²) in [6.07, 6.45) is -1.94. The zero-order valence-corrected chi connectivity index (χ0v) is 13.6. The van der Waals surface area contributed by atoms with Gasteiger partial charge in [0.05, 0.1) is 11.3 Å². The lowest BCUT2D eigenvalue weighted by atomic mass is 10.1. The fourth-order valence-corrected chi connectivity index (χ4v) is 2.85. The van der Waals surface area contributed by atoms with Crippen molar-refractivity contribution in [1.82, 2.24) is 15.3 Å². The second kappa shape index (κ2) is 7.02. The van der Waals surface area contributed by atoms with Crippen LogP contribution in [0.4, 0.5) is 13.2 Å². The van der Waals surface area contributed by atoms with Gasteiger partial charge in [-0.1, -0.05) is 6.07 Å². The highest BCUT2D eigenvalue weighted by Gasteiger charge is 2.32. The van der Waals surface area contributed by atoms with E-state index in [0.29, 0.717) is 0 Å². The van der Waals surface area contributed by atoms with Gasteiger partial charge in [-0.25, -0.2) is 0 Å². The number of nitrogens with one attached hydrogen (secondary N) is 1. The highest BCUT2D eigenvalue weighted by molar-refractivity contribution is 7.08. The van der Waals surface area contributed by atoms with Crippen LogP contribution in [0.25, 0.3) is 11.3 Å². The van der Waals surface area contributed by atoms with Crippen LogP contribution in [0.2, 0.25) is 0 Å². The minimum absolute atomic E-state index is 0.0639. The van der Waals surface area contributed by atoms with Crippen LogP contribution < -0.4 is 5.32 Å².